The zero-order valence-corrected chi connectivity index (χ0v) is 20.9. The van der Waals surface area contributed by atoms with Crippen LogP contribution in [0.3, 0.4) is 0 Å². The molecule has 2 N–H and O–H groups in total. The van der Waals surface area contributed by atoms with Gasteiger partial charge >= 0.3 is 5.97 Å². The average Bonchev–Trinajstić information content (AvgIpc) is 2.93. The van der Waals surface area contributed by atoms with Crippen molar-refractivity contribution in [1.29, 1.82) is 0 Å². The summed E-state index contributed by atoms with van der Waals surface area (Å²) < 4.78 is 19.1. The van der Waals surface area contributed by atoms with E-state index >= 15 is 0 Å². The quantitative estimate of drug-likeness (QED) is 0.315. The lowest BCUT2D eigenvalue weighted by Crippen LogP contribution is -2.32. The smallest absolute Gasteiger partial charge is 0.336 e. The molecule has 1 unspecified atom stereocenters. The van der Waals surface area contributed by atoms with Crippen LogP contribution >= 0.6 is 0 Å². The summed E-state index contributed by atoms with van der Waals surface area (Å²) in [5.74, 6) is -0.858. The maximum Gasteiger partial charge on any atom is 0.336 e. The number of aromatic carboxylic acids is 1. The molecule has 0 radical (unpaired) electrons. The lowest BCUT2D eigenvalue weighted by Gasteiger charge is -2.31. The molecule has 0 fully saturated rings. The zero-order chi connectivity index (χ0) is 26.6. The van der Waals surface area contributed by atoms with E-state index in [9.17, 15) is 19.1 Å². The molecule has 1 aliphatic heterocycles. The van der Waals surface area contributed by atoms with E-state index in [0.717, 1.165) is 22.4 Å². The van der Waals surface area contributed by atoms with E-state index in [1.807, 2.05) is 49.4 Å². The Balaban J connectivity index is 1.29. The van der Waals surface area contributed by atoms with Crippen molar-refractivity contribution in [2.75, 3.05) is 18.1 Å². The molecule has 1 aliphatic rings. The van der Waals surface area contributed by atoms with Crippen LogP contribution in [0, 0.1) is 5.82 Å². The molecule has 0 aromatic heterocycles. The number of carbonyl (C=O) groups is 2. The van der Waals surface area contributed by atoms with Gasteiger partial charge in [0.05, 0.1) is 23.8 Å². The summed E-state index contributed by atoms with van der Waals surface area (Å²) in [6, 6.07) is 26.1. The number of amides is 1. The first-order valence-electron chi connectivity index (χ1n) is 12.4. The summed E-state index contributed by atoms with van der Waals surface area (Å²) in [6.07, 6.45) is 0. The predicted molar refractivity (Wildman–Crippen MR) is 144 cm³/mol. The van der Waals surface area contributed by atoms with Gasteiger partial charge in [0.15, 0.2) is 0 Å². The Labute approximate surface area is 220 Å². The molecule has 0 bridgehead atoms. The first-order chi connectivity index (χ1) is 18.4. The van der Waals surface area contributed by atoms with E-state index in [1.54, 1.807) is 36.4 Å². The lowest BCUT2D eigenvalue weighted by molar-refractivity contribution is 0.0697. The molecular formula is C31H27FN2O4. The van der Waals surface area contributed by atoms with Crippen LogP contribution in [0.1, 0.15) is 44.8 Å². The van der Waals surface area contributed by atoms with Crippen LogP contribution in [-0.2, 0) is 6.54 Å². The Morgan fingerprint density at radius 2 is 1.74 bits per heavy atom. The van der Waals surface area contributed by atoms with Gasteiger partial charge in [-0.2, -0.15) is 0 Å². The number of hydrogen-bond acceptors (Lipinski definition) is 4. The summed E-state index contributed by atoms with van der Waals surface area (Å²) in [4.78, 5) is 26.7. The number of anilines is 1. The molecule has 0 spiro atoms. The van der Waals surface area contributed by atoms with Gasteiger partial charge in [0.1, 0.15) is 18.2 Å². The Hall–Kier alpha value is -4.65. The second-order valence-electron chi connectivity index (χ2n) is 9.25. The van der Waals surface area contributed by atoms with Crippen molar-refractivity contribution in [1.82, 2.24) is 5.32 Å². The Kier molecular flexibility index (Phi) is 7.09. The summed E-state index contributed by atoms with van der Waals surface area (Å²) in [6.45, 7) is 3.69. The highest BCUT2D eigenvalue weighted by molar-refractivity contribution is 5.96. The third-order valence-corrected chi connectivity index (χ3v) is 6.69. The van der Waals surface area contributed by atoms with Crippen molar-refractivity contribution < 1.29 is 23.8 Å². The largest absolute Gasteiger partial charge is 0.490 e. The second-order valence-corrected chi connectivity index (χ2v) is 9.25. The number of carbonyl (C=O) groups excluding carboxylic acids is 1. The van der Waals surface area contributed by atoms with Crippen LogP contribution < -0.4 is 15.0 Å². The molecule has 0 aliphatic carbocycles. The zero-order valence-electron chi connectivity index (χ0n) is 20.9. The van der Waals surface area contributed by atoms with E-state index < -0.39 is 5.97 Å². The van der Waals surface area contributed by atoms with E-state index in [0.29, 0.717) is 36.6 Å². The van der Waals surface area contributed by atoms with Gasteiger partial charge in [0, 0.05) is 12.1 Å². The van der Waals surface area contributed by atoms with Gasteiger partial charge < -0.3 is 20.1 Å². The van der Waals surface area contributed by atoms with Gasteiger partial charge in [0.2, 0.25) is 0 Å². The first-order valence-corrected chi connectivity index (χ1v) is 12.4. The maximum absolute atomic E-state index is 13.2. The van der Waals surface area contributed by atoms with Crippen molar-refractivity contribution >= 4 is 17.6 Å². The van der Waals surface area contributed by atoms with Gasteiger partial charge in [-0.25, -0.2) is 9.18 Å². The molecule has 4 aromatic carbocycles. The summed E-state index contributed by atoms with van der Waals surface area (Å²) in [7, 11) is 0. The third kappa shape index (κ3) is 5.37. The monoisotopic (exact) mass is 510 g/mol. The number of fused-ring (bicyclic) bond motifs is 1. The fourth-order valence-electron chi connectivity index (χ4n) is 4.63. The van der Waals surface area contributed by atoms with Gasteiger partial charge in [-0.05, 0) is 65.6 Å². The lowest BCUT2D eigenvalue weighted by atomic mass is 9.98. The highest BCUT2D eigenvalue weighted by Crippen LogP contribution is 2.34. The third-order valence-electron chi connectivity index (χ3n) is 6.69. The van der Waals surface area contributed by atoms with E-state index in [2.05, 4.69) is 10.2 Å². The van der Waals surface area contributed by atoms with Crippen molar-refractivity contribution in [2.45, 2.75) is 19.5 Å². The summed E-state index contributed by atoms with van der Waals surface area (Å²) in [5.41, 5.74) is 5.08. The molecule has 38 heavy (non-hydrogen) atoms. The van der Waals surface area contributed by atoms with Crippen molar-refractivity contribution in [2.24, 2.45) is 0 Å². The highest BCUT2D eigenvalue weighted by atomic mass is 19.1. The van der Waals surface area contributed by atoms with Gasteiger partial charge in [0.25, 0.3) is 5.91 Å². The number of benzene rings is 4. The molecule has 0 saturated carbocycles. The SMILES string of the molecule is CC(NC(=O)c1ccc2c(c1)OCCN2Cc1ccc(-c2ccccc2C(=O)O)cc1)c1ccc(F)cc1. The molecule has 5 rings (SSSR count). The molecule has 1 amide bonds. The van der Waals surface area contributed by atoms with Crippen molar-refractivity contribution in [3.63, 3.8) is 0 Å². The Morgan fingerprint density at radius 1 is 1.00 bits per heavy atom. The van der Waals surface area contributed by atoms with Gasteiger partial charge in [-0.1, -0.05) is 54.6 Å². The fourth-order valence-corrected chi connectivity index (χ4v) is 4.63. The molecule has 0 saturated heterocycles. The number of nitrogens with zero attached hydrogens (tertiary/aromatic N) is 1. The average molecular weight is 511 g/mol. The van der Waals surface area contributed by atoms with Crippen LogP contribution in [0.2, 0.25) is 0 Å². The Morgan fingerprint density at radius 3 is 2.47 bits per heavy atom. The Bertz CT molecular complexity index is 1470. The highest BCUT2D eigenvalue weighted by Gasteiger charge is 2.21. The molecule has 1 heterocycles. The van der Waals surface area contributed by atoms with Crippen LogP contribution in [0.15, 0.2) is 91.0 Å². The molecule has 192 valence electrons. The van der Waals surface area contributed by atoms with Crippen LogP contribution in [0.4, 0.5) is 10.1 Å². The van der Waals surface area contributed by atoms with E-state index in [4.69, 9.17) is 4.74 Å². The summed E-state index contributed by atoms with van der Waals surface area (Å²) >= 11 is 0. The summed E-state index contributed by atoms with van der Waals surface area (Å²) in [5, 5.41) is 12.4. The molecule has 6 nitrogen and oxygen atoms in total. The maximum atomic E-state index is 13.2. The van der Waals surface area contributed by atoms with Crippen molar-refractivity contribution in [3.8, 4) is 16.9 Å². The number of ether oxygens (including phenoxy) is 1. The number of carboxylic acid groups (broad SMARTS) is 1. The predicted octanol–water partition coefficient (Wildman–Crippen LogP) is 6.08. The van der Waals surface area contributed by atoms with E-state index in [-0.39, 0.29) is 23.3 Å². The van der Waals surface area contributed by atoms with Crippen LogP contribution in [0.25, 0.3) is 11.1 Å². The van der Waals surface area contributed by atoms with Gasteiger partial charge in [-0.3, -0.25) is 4.79 Å². The first kappa shape index (κ1) is 25.0. The minimum Gasteiger partial charge on any atom is -0.490 e. The second kappa shape index (κ2) is 10.8. The molecule has 7 heteroatoms. The van der Waals surface area contributed by atoms with Crippen LogP contribution in [-0.4, -0.2) is 30.1 Å². The molecule has 1 atom stereocenters. The number of halogens is 1. The topological polar surface area (TPSA) is 78.9 Å². The number of rotatable bonds is 7. The van der Waals surface area contributed by atoms with Crippen molar-refractivity contribution in [3.05, 3.63) is 119 Å². The van der Waals surface area contributed by atoms with E-state index in [1.165, 1.54) is 12.1 Å². The normalized spacial score (nSPS) is 13.3. The fraction of sp³-hybridized carbons (Fsp3) is 0.161. The number of hydrogen-bond donors (Lipinski definition) is 2. The van der Waals surface area contributed by atoms with Gasteiger partial charge in [-0.15, -0.1) is 0 Å². The number of carboxylic acids is 1. The minimum atomic E-state index is -0.951. The number of nitrogens with one attached hydrogen (secondary N) is 1. The van der Waals surface area contributed by atoms with Crippen LogP contribution in [0.5, 0.6) is 5.75 Å². The molecular weight excluding hydrogens is 483 g/mol. The standard InChI is InChI=1S/C31H27FN2O4/c1-20(22-10-13-25(32)14-11-22)33-30(35)24-12-15-28-29(18-24)38-17-16-34(28)19-21-6-8-23(9-7-21)26-4-2-3-5-27(26)31(36)37/h2-15,18,20H,16-17,19H2,1H3,(H,33,35)(H,36,37). The molecule has 4 aromatic rings. The minimum absolute atomic E-state index is 0.234.